The Bertz CT molecular complexity index is 593. The summed E-state index contributed by atoms with van der Waals surface area (Å²) in [5.41, 5.74) is 1.75. The van der Waals surface area contributed by atoms with E-state index in [0.29, 0.717) is 19.7 Å². The van der Waals surface area contributed by atoms with Crippen molar-refractivity contribution in [2.24, 2.45) is 5.92 Å². The molecule has 1 heterocycles. The van der Waals surface area contributed by atoms with E-state index >= 15 is 0 Å². The second kappa shape index (κ2) is 8.97. The van der Waals surface area contributed by atoms with Gasteiger partial charge in [-0.15, -0.1) is 0 Å². The average molecular weight is 345 g/mol. The molecule has 136 valence electrons. The lowest BCUT2D eigenvalue weighted by Gasteiger charge is -2.23. The molecule has 0 aromatic heterocycles. The monoisotopic (exact) mass is 345 g/mol. The Morgan fingerprint density at radius 1 is 1.16 bits per heavy atom. The summed E-state index contributed by atoms with van der Waals surface area (Å²) in [7, 11) is 0. The first-order valence-corrected chi connectivity index (χ1v) is 9.22. The number of carbonyl (C=O) groups excluding carboxylic acids is 2. The van der Waals surface area contributed by atoms with Gasteiger partial charge in [0.15, 0.2) is 0 Å². The lowest BCUT2D eigenvalue weighted by atomic mass is 9.88. The first-order valence-electron chi connectivity index (χ1n) is 9.22. The number of rotatable bonds is 5. The second-order valence-electron chi connectivity index (χ2n) is 6.81. The van der Waals surface area contributed by atoms with E-state index in [4.69, 9.17) is 4.74 Å². The Hall–Kier alpha value is -1.92. The molecular formula is C19H27N3O3. The largest absolute Gasteiger partial charge is 0.366 e. The highest BCUT2D eigenvalue weighted by Gasteiger charge is 2.22. The van der Waals surface area contributed by atoms with Crippen LogP contribution >= 0.6 is 0 Å². The minimum atomic E-state index is -0.428. The fourth-order valence-electron chi connectivity index (χ4n) is 3.40. The van der Waals surface area contributed by atoms with Crippen molar-refractivity contribution in [2.45, 2.75) is 44.8 Å². The molecule has 1 aromatic carbocycles. The van der Waals surface area contributed by atoms with Crippen LogP contribution in [0.25, 0.3) is 0 Å². The number of morpholine rings is 1. The Balaban J connectivity index is 1.50. The minimum Gasteiger partial charge on any atom is -0.366 e. The van der Waals surface area contributed by atoms with Gasteiger partial charge in [-0.1, -0.05) is 31.4 Å². The van der Waals surface area contributed by atoms with Gasteiger partial charge in [0.1, 0.15) is 6.10 Å². The number of amides is 2. The molecule has 1 unspecified atom stereocenters. The van der Waals surface area contributed by atoms with Crippen molar-refractivity contribution in [3.63, 3.8) is 0 Å². The molecule has 25 heavy (non-hydrogen) atoms. The molecule has 1 saturated carbocycles. The van der Waals surface area contributed by atoms with Crippen LogP contribution in [0, 0.1) is 5.92 Å². The summed E-state index contributed by atoms with van der Waals surface area (Å²) in [6.07, 6.45) is 5.06. The van der Waals surface area contributed by atoms with Crippen LogP contribution in [0.15, 0.2) is 24.3 Å². The lowest BCUT2D eigenvalue weighted by Crippen LogP contribution is -2.47. The summed E-state index contributed by atoms with van der Waals surface area (Å²) in [5, 5.41) is 9.06. The number of carbonyl (C=O) groups is 2. The van der Waals surface area contributed by atoms with Crippen LogP contribution in [0.2, 0.25) is 0 Å². The average Bonchev–Trinajstić information content (AvgIpc) is 2.68. The van der Waals surface area contributed by atoms with Crippen LogP contribution in [0.5, 0.6) is 0 Å². The number of benzene rings is 1. The van der Waals surface area contributed by atoms with Gasteiger partial charge in [-0.2, -0.15) is 0 Å². The predicted octanol–water partition coefficient (Wildman–Crippen LogP) is 1.81. The highest BCUT2D eigenvalue weighted by atomic mass is 16.5. The van der Waals surface area contributed by atoms with Gasteiger partial charge in [0.25, 0.3) is 5.91 Å². The number of nitrogens with one attached hydrogen (secondary N) is 3. The third-order valence-electron chi connectivity index (χ3n) is 4.86. The van der Waals surface area contributed by atoms with Crippen molar-refractivity contribution in [2.75, 3.05) is 25.0 Å². The van der Waals surface area contributed by atoms with Crippen molar-refractivity contribution in [3.05, 3.63) is 29.8 Å². The second-order valence-corrected chi connectivity index (χ2v) is 6.81. The zero-order valence-electron chi connectivity index (χ0n) is 14.6. The Kier molecular flexibility index (Phi) is 6.42. The third kappa shape index (κ3) is 5.28. The van der Waals surface area contributed by atoms with Crippen molar-refractivity contribution >= 4 is 17.5 Å². The predicted molar refractivity (Wildman–Crippen MR) is 96.1 cm³/mol. The molecule has 1 aliphatic carbocycles. The van der Waals surface area contributed by atoms with Crippen LogP contribution in [0.4, 0.5) is 5.69 Å². The van der Waals surface area contributed by atoms with Gasteiger partial charge in [-0.25, -0.2) is 0 Å². The molecule has 6 nitrogen and oxygen atoms in total. The summed E-state index contributed by atoms with van der Waals surface area (Å²) in [5.74, 6) is 0.138. The topological polar surface area (TPSA) is 79.5 Å². The number of hydrogen-bond donors (Lipinski definition) is 3. The molecule has 1 atom stereocenters. The zero-order valence-corrected chi connectivity index (χ0v) is 14.6. The zero-order chi connectivity index (χ0) is 17.5. The molecule has 1 aromatic rings. The summed E-state index contributed by atoms with van der Waals surface area (Å²) in [6.45, 7) is 2.31. The van der Waals surface area contributed by atoms with Crippen LogP contribution in [-0.4, -0.2) is 37.6 Å². The third-order valence-corrected chi connectivity index (χ3v) is 4.86. The van der Waals surface area contributed by atoms with Gasteiger partial charge in [0.2, 0.25) is 5.91 Å². The molecule has 1 saturated heterocycles. The van der Waals surface area contributed by atoms with Gasteiger partial charge >= 0.3 is 0 Å². The fraction of sp³-hybridized carbons (Fsp3) is 0.579. The Labute approximate surface area is 148 Å². The Morgan fingerprint density at radius 2 is 2.00 bits per heavy atom. The Morgan fingerprint density at radius 3 is 2.76 bits per heavy atom. The SMILES string of the molecule is O=C(Nc1cccc(CNC(=O)C2CNCCO2)c1)C1CCCCC1. The number of ether oxygens (including phenoxy) is 1. The van der Waals surface area contributed by atoms with Gasteiger partial charge in [0, 0.05) is 31.2 Å². The summed E-state index contributed by atoms with van der Waals surface area (Å²) < 4.78 is 5.44. The van der Waals surface area contributed by atoms with Crippen molar-refractivity contribution < 1.29 is 14.3 Å². The smallest absolute Gasteiger partial charge is 0.250 e. The first-order chi connectivity index (χ1) is 12.2. The van der Waals surface area contributed by atoms with E-state index in [1.54, 1.807) is 0 Å². The molecule has 6 heteroatoms. The fourth-order valence-corrected chi connectivity index (χ4v) is 3.40. The molecule has 2 aliphatic rings. The van der Waals surface area contributed by atoms with Crippen LogP contribution in [0.3, 0.4) is 0 Å². The van der Waals surface area contributed by atoms with Crippen molar-refractivity contribution in [3.8, 4) is 0 Å². The summed E-state index contributed by atoms with van der Waals surface area (Å²) >= 11 is 0. The molecule has 2 fully saturated rings. The minimum absolute atomic E-state index is 0.108. The molecule has 0 radical (unpaired) electrons. The highest BCUT2D eigenvalue weighted by molar-refractivity contribution is 5.92. The van der Waals surface area contributed by atoms with Crippen molar-refractivity contribution in [1.82, 2.24) is 10.6 Å². The molecular weight excluding hydrogens is 318 g/mol. The maximum Gasteiger partial charge on any atom is 0.250 e. The standard InChI is InChI=1S/C19H27N3O3/c23-18(15-6-2-1-3-7-15)22-16-8-4-5-14(11-16)12-21-19(24)17-13-20-9-10-25-17/h4-5,8,11,15,17,20H,1-3,6-7,9-10,12-13H2,(H,21,24)(H,22,23). The quantitative estimate of drug-likeness (QED) is 0.760. The van der Waals surface area contributed by atoms with E-state index in [0.717, 1.165) is 43.5 Å². The van der Waals surface area contributed by atoms with Crippen LogP contribution in [0.1, 0.15) is 37.7 Å². The lowest BCUT2D eigenvalue weighted by molar-refractivity contribution is -0.134. The van der Waals surface area contributed by atoms with E-state index in [1.165, 1.54) is 6.42 Å². The number of anilines is 1. The normalized spacial score (nSPS) is 21.5. The molecule has 3 rings (SSSR count). The van der Waals surface area contributed by atoms with Gasteiger partial charge < -0.3 is 20.7 Å². The van der Waals surface area contributed by atoms with E-state index in [1.807, 2.05) is 24.3 Å². The van der Waals surface area contributed by atoms with E-state index in [-0.39, 0.29) is 17.7 Å². The molecule has 0 spiro atoms. The first kappa shape index (κ1) is 17.9. The van der Waals surface area contributed by atoms with Gasteiger partial charge in [0.05, 0.1) is 6.61 Å². The van der Waals surface area contributed by atoms with Crippen LogP contribution < -0.4 is 16.0 Å². The highest BCUT2D eigenvalue weighted by Crippen LogP contribution is 2.25. The molecule has 2 amide bonds. The van der Waals surface area contributed by atoms with Crippen LogP contribution in [-0.2, 0) is 20.9 Å². The van der Waals surface area contributed by atoms with E-state index in [2.05, 4.69) is 16.0 Å². The maximum atomic E-state index is 12.3. The summed E-state index contributed by atoms with van der Waals surface area (Å²) in [4.78, 5) is 24.4. The van der Waals surface area contributed by atoms with Gasteiger partial charge in [-0.05, 0) is 30.5 Å². The molecule has 3 N–H and O–H groups in total. The van der Waals surface area contributed by atoms with Crippen molar-refractivity contribution in [1.29, 1.82) is 0 Å². The molecule has 1 aliphatic heterocycles. The van der Waals surface area contributed by atoms with E-state index < -0.39 is 6.10 Å². The van der Waals surface area contributed by atoms with E-state index in [9.17, 15) is 9.59 Å². The van der Waals surface area contributed by atoms with Gasteiger partial charge in [-0.3, -0.25) is 9.59 Å². The summed E-state index contributed by atoms with van der Waals surface area (Å²) in [6, 6.07) is 7.65. The maximum absolute atomic E-state index is 12.3. The number of hydrogen-bond acceptors (Lipinski definition) is 4. The molecule has 0 bridgehead atoms.